The van der Waals surface area contributed by atoms with E-state index < -0.39 is 24.1 Å². The first-order valence-corrected chi connectivity index (χ1v) is 9.79. The standard InChI is InChI=1S/C21H21N7O3/c1-2-16-19(29)28(21(31)25-16)15-10-6-9-14(11-15)24-20(30)26-17(18-22-12-23-27-18)13-7-4-3-5-8-13/h3-12,16-17H,2H2,1H3,(H,25,31)(H,22,23,27)(H2,24,26,30). The van der Waals surface area contributed by atoms with Gasteiger partial charge >= 0.3 is 12.1 Å². The van der Waals surface area contributed by atoms with E-state index in [-0.39, 0.29) is 5.91 Å². The van der Waals surface area contributed by atoms with Crippen molar-refractivity contribution in [1.29, 1.82) is 0 Å². The number of urea groups is 2. The van der Waals surface area contributed by atoms with Crippen molar-refractivity contribution < 1.29 is 14.4 Å². The van der Waals surface area contributed by atoms with Crippen LogP contribution in [0.1, 0.15) is 30.8 Å². The zero-order valence-corrected chi connectivity index (χ0v) is 16.7. The zero-order chi connectivity index (χ0) is 21.8. The van der Waals surface area contributed by atoms with E-state index in [1.54, 1.807) is 24.3 Å². The van der Waals surface area contributed by atoms with Crippen LogP contribution in [0.3, 0.4) is 0 Å². The van der Waals surface area contributed by atoms with Crippen LogP contribution in [0.15, 0.2) is 60.9 Å². The number of H-pyrrole nitrogens is 1. The van der Waals surface area contributed by atoms with Gasteiger partial charge in [0.05, 0.1) is 5.69 Å². The van der Waals surface area contributed by atoms with Crippen LogP contribution >= 0.6 is 0 Å². The fourth-order valence-corrected chi connectivity index (χ4v) is 3.38. The van der Waals surface area contributed by atoms with Crippen molar-refractivity contribution in [2.45, 2.75) is 25.4 Å². The second-order valence-electron chi connectivity index (χ2n) is 6.95. The largest absolute Gasteiger partial charge is 0.329 e. The molecule has 1 aliphatic rings. The lowest BCUT2D eigenvalue weighted by Crippen LogP contribution is -2.34. The van der Waals surface area contributed by atoms with Crippen LogP contribution < -0.4 is 20.9 Å². The molecule has 10 heteroatoms. The van der Waals surface area contributed by atoms with Crippen LogP contribution in [-0.4, -0.2) is 39.2 Å². The Bertz CT molecular complexity index is 1090. The summed E-state index contributed by atoms with van der Waals surface area (Å²) in [5, 5.41) is 14.9. The van der Waals surface area contributed by atoms with E-state index in [0.717, 1.165) is 10.5 Å². The molecular formula is C21H21N7O3. The molecular weight excluding hydrogens is 398 g/mol. The molecule has 3 aromatic rings. The van der Waals surface area contributed by atoms with Crippen LogP contribution in [0.4, 0.5) is 21.0 Å². The monoisotopic (exact) mass is 419 g/mol. The molecule has 0 spiro atoms. The number of nitrogens with one attached hydrogen (secondary N) is 4. The summed E-state index contributed by atoms with van der Waals surface area (Å²) in [5.41, 5.74) is 1.64. The summed E-state index contributed by atoms with van der Waals surface area (Å²) in [6.45, 7) is 1.83. The molecule has 1 fully saturated rings. The summed E-state index contributed by atoms with van der Waals surface area (Å²) < 4.78 is 0. The van der Waals surface area contributed by atoms with Gasteiger partial charge in [-0.1, -0.05) is 43.3 Å². The summed E-state index contributed by atoms with van der Waals surface area (Å²) in [6, 6.07) is 13.9. The van der Waals surface area contributed by atoms with Crippen molar-refractivity contribution in [1.82, 2.24) is 25.8 Å². The van der Waals surface area contributed by atoms with Crippen molar-refractivity contribution in [2.24, 2.45) is 0 Å². The van der Waals surface area contributed by atoms with Crippen LogP contribution in [-0.2, 0) is 4.79 Å². The van der Waals surface area contributed by atoms with Gasteiger partial charge in [-0.2, -0.15) is 5.10 Å². The average molecular weight is 419 g/mol. The summed E-state index contributed by atoms with van der Waals surface area (Å²) >= 11 is 0. The number of imide groups is 1. The van der Waals surface area contributed by atoms with Crippen molar-refractivity contribution >= 4 is 29.3 Å². The van der Waals surface area contributed by atoms with Gasteiger partial charge in [-0.25, -0.2) is 19.5 Å². The van der Waals surface area contributed by atoms with Crippen LogP contribution in [0.25, 0.3) is 0 Å². The van der Waals surface area contributed by atoms with E-state index in [2.05, 4.69) is 31.1 Å². The lowest BCUT2D eigenvalue weighted by molar-refractivity contribution is -0.118. The molecule has 10 nitrogen and oxygen atoms in total. The Morgan fingerprint density at radius 3 is 2.65 bits per heavy atom. The first-order chi connectivity index (χ1) is 15.1. The highest BCUT2D eigenvalue weighted by Gasteiger charge is 2.37. The smallest absolute Gasteiger partial charge is 0.325 e. The molecule has 4 rings (SSSR count). The number of carbonyl (C=O) groups excluding carboxylic acids is 3. The van der Waals surface area contributed by atoms with Crippen molar-refractivity contribution in [3.63, 3.8) is 0 Å². The Morgan fingerprint density at radius 2 is 1.97 bits per heavy atom. The van der Waals surface area contributed by atoms with Crippen molar-refractivity contribution in [2.75, 3.05) is 10.2 Å². The van der Waals surface area contributed by atoms with Crippen LogP contribution in [0.2, 0.25) is 0 Å². The van der Waals surface area contributed by atoms with Gasteiger partial charge in [0.25, 0.3) is 5.91 Å². The molecule has 2 heterocycles. The second kappa shape index (κ2) is 8.66. The topological polar surface area (TPSA) is 132 Å². The first-order valence-electron chi connectivity index (χ1n) is 9.79. The van der Waals surface area contributed by atoms with Gasteiger partial charge in [0.2, 0.25) is 0 Å². The lowest BCUT2D eigenvalue weighted by atomic mass is 10.1. The molecule has 2 aromatic carbocycles. The van der Waals surface area contributed by atoms with Gasteiger partial charge in [-0.05, 0) is 30.2 Å². The maximum Gasteiger partial charge on any atom is 0.329 e. The molecule has 5 amide bonds. The Labute approximate surface area is 178 Å². The Kier molecular flexibility index (Phi) is 5.61. The normalized spacial score (nSPS) is 16.7. The number of rotatable bonds is 6. The highest BCUT2D eigenvalue weighted by atomic mass is 16.2. The molecule has 1 saturated heterocycles. The van der Waals surface area contributed by atoms with Gasteiger partial charge < -0.3 is 16.0 Å². The molecule has 2 unspecified atom stereocenters. The number of benzene rings is 2. The maximum absolute atomic E-state index is 12.7. The van der Waals surface area contributed by atoms with E-state index in [1.807, 2.05) is 37.3 Å². The lowest BCUT2D eigenvalue weighted by Gasteiger charge is -2.18. The molecule has 0 aliphatic carbocycles. The molecule has 4 N–H and O–H groups in total. The number of hydrogen-bond donors (Lipinski definition) is 4. The van der Waals surface area contributed by atoms with Gasteiger partial charge in [-0.3, -0.25) is 9.89 Å². The Balaban J connectivity index is 1.50. The molecule has 0 radical (unpaired) electrons. The third-order valence-corrected chi connectivity index (χ3v) is 4.91. The molecule has 0 saturated carbocycles. The number of anilines is 2. The predicted molar refractivity (Wildman–Crippen MR) is 113 cm³/mol. The van der Waals surface area contributed by atoms with Gasteiger partial charge in [0.1, 0.15) is 18.4 Å². The van der Waals surface area contributed by atoms with Gasteiger partial charge in [-0.15, -0.1) is 0 Å². The number of aromatic nitrogens is 3. The molecule has 1 aliphatic heterocycles. The summed E-state index contributed by atoms with van der Waals surface area (Å²) in [4.78, 5) is 42.6. The highest BCUT2D eigenvalue weighted by Crippen LogP contribution is 2.24. The Morgan fingerprint density at radius 1 is 1.16 bits per heavy atom. The number of carbonyl (C=O) groups is 3. The van der Waals surface area contributed by atoms with E-state index in [1.165, 1.54) is 6.33 Å². The number of amides is 5. The number of hydrogen-bond acceptors (Lipinski definition) is 5. The summed E-state index contributed by atoms with van der Waals surface area (Å²) in [7, 11) is 0. The molecule has 0 bridgehead atoms. The van der Waals surface area contributed by atoms with Crippen LogP contribution in [0, 0.1) is 0 Å². The third-order valence-electron chi connectivity index (χ3n) is 4.91. The minimum absolute atomic E-state index is 0.316. The SMILES string of the molecule is CCC1NC(=O)N(c2cccc(NC(=O)NC(c3ccccc3)c3ncn[nH]3)c2)C1=O. The van der Waals surface area contributed by atoms with E-state index >= 15 is 0 Å². The molecule has 2 atom stereocenters. The number of nitrogens with zero attached hydrogens (tertiary/aromatic N) is 3. The molecule has 158 valence electrons. The van der Waals surface area contributed by atoms with Gasteiger partial charge in [0, 0.05) is 5.69 Å². The minimum Gasteiger partial charge on any atom is -0.325 e. The number of aromatic amines is 1. The van der Waals surface area contributed by atoms with Crippen LogP contribution in [0.5, 0.6) is 0 Å². The first kappa shape index (κ1) is 20.1. The maximum atomic E-state index is 12.7. The summed E-state index contributed by atoms with van der Waals surface area (Å²) in [5.74, 6) is 0.170. The highest BCUT2D eigenvalue weighted by molar-refractivity contribution is 6.21. The van der Waals surface area contributed by atoms with E-state index in [0.29, 0.717) is 23.6 Å². The zero-order valence-electron chi connectivity index (χ0n) is 16.7. The van der Waals surface area contributed by atoms with E-state index in [9.17, 15) is 14.4 Å². The van der Waals surface area contributed by atoms with E-state index in [4.69, 9.17) is 0 Å². The second-order valence-corrected chi connectivity index (χ2v) is 6.95. The van der Waals surface area contributed by atoms with Crippen molar-refractivity contribution in [3.8, 4) is 0 Å². The molecule has 1 aromatic heterocycles. The summed E-state index contributed by atoms with van der Waals surface area (Å²) in [6.07, 6.45) is 1.87. The quantitative estimate of drug-likeness (QED) is 0.456. The fourth-order valence-electron chi connectivity index (χ4n) is 3.38. The average Bonchev–Trinajstić information content (AvgIpc) is 3.40. The fraction of sp³-hybridized carbons (Fsp3) is 0.190. The van der Waals surface area contributed by atoms with Crippen molar-refractivity contribution in [3.05, 3.63) is 72.3 Å². The van der Waals surface area contributed by atoms with Gasteiger partial charge in [0.15, 0.2) is 5.82 Å². The Hall–Kier alpha value is -4.21. The predicted octanol–water partition coefficient (Wildman–Crippen LogP) is 2.55. The minimum atomic E-state index is -0.541. The molecule has 31 heavy (non-hydrogen) atoms. The third kappa shape index (κ3) is 4.22.